The van der Waals surface area contributed by atoms with Crippen LogP contribution >= 0.6 is 0 Å². The Bertz CT molecular complexity index is 1100. The average molecular weight is 444 g/mol. The normalized spacial score (nSPS) is 13.8. The van der Waals surface area contributed by atoms with Gasteiger partial charge in [0.15, 0.2) is 5.69 Å². The quantitative estimate of drug-likeness (QED) is 0.630. The second-order valence-corrected chi connectivity index (χ2v) is 8.14. The van der Waals surface area contributed by atoms with Crippen LogP contribution in [0.3, 0.4) is 0 Å². The number of benzene rings is 1. The van der Waals surface area contributed by atoms with Gasteiger partial charge in [-0.3, -0.25) is 28.8 Å². The molecule has 0 aliphatic carbocycles. The van der Waals surface area contributed by atoms with Crippen molar-refractivity contribution < 1.29 is 14.3 Å². The second-order valence-electron chi connectivity index (χ2n) is 8.14. The maximum Gasteiger partial charge on any atom is 0.330 e. The van der Waals surface area contributed by atoms with Crippen LogP contribution in [0.1, 0.15) is 37.0 Å². The molecule has 0 saturated carbocycles. The van der Waals surface area contributed by atoms with Crippen molar-refractivity contribution in [2.75, 3.05) is 42.3 Å². The Morgan fingerprint density at radius 1 is 1.22 bits per heavy atom. The summed E-state index contributed by atoms with van der Waals surface area (Å²) in [6.07, 6.45) is 1.32. The van der Waals surface area contributed by atoms with Gasteiger partial charge in [0.05, 0.1) is 6.61 Å². The summed E-state index contributed by atoms with van der Waals surface area (Å²) in [5, 5.41) is 0. The summed E-state index contributed by atoms with van der Waals surface area (Å²) in [6, 6.07) is 6.63. The Morgan fingerprint density at radius 3 is 2.47 bits per heavy atom. The molecule has 1 aliphatic heterocycles. The fourth-order valence-electron chi connectivity index (χ4n) is 3.74. The number of carbonyl (C=O) groups is 2. The number of carbonyl (C=O) groups excluding carboxylic acids is 2. The molecule has 0 unspecified atom stereocenters. The van der Waals surface area contributed by atoms with Crippen molar-refractivity contribution >= 4 is 29.0 Å². The van der Waals surface area contributed by atoms with E-state index in [1.54, 1.807) is 29.2 Å². The topological polar surface area (TPSA) is 131 Å². The van der Waals surface area contributed by atoms with E-state index in [9.17, 15) is 19.2 Å². The predicted octanol–water partition coefficient (Wildman–Crippen LogP) is 1.19. The number of anilines is 3. The smallest absolute Gasteiger partial charge is 0.330 e. The number of methoxy groups -OCH3 is 1. The summed E-state index contributed by atoms with van der Waals surface area (Å²) in [7, 11) is 1.48. The number of nitrogen functional groups attached to an aromatic ring is 1. The molecule has 1 aromatic carbocycles. The van der Waals surface area contributed by atoms with Crippen LogP contribution in [0.4, 0.5) is 17.2 Å². The lowest BCUT2D eigenvalue weighted by atomic mass is 10.1. The number of hydrogen-bond acceptors (Lipinski definition) is 6. The Kier molecular flexibility index (Phi) is 7.14. The van der Waals surface area contributed by atoms with Gasteiger partial charge >= 0.3 is 5.69 Å². The van der Waals surface area contributed by atoms with Crippen molar-refractivity contribution in [2.45, 2.75) is 33.2 Å². The SMILES string of the molecule is COCCN(C(=O)c1ccc(N2CCCC2=O)cc1)c1c(N)n(CC(C)C)c(=O)[nH]c1=O. The van der Waals surface area contributed by atoms with Crippen LogP contribution in [-0.4, -0.2) is 48.2 Å². The van der Waals surface area contributed by atoms with Crippen LogP contribution in [0.5, 0.6) is 0 Å². The van der Waals surface area contributed by atoms with Crippen molar-refractivity contribution in [2.24, 2.45) is 5.92 Å². The molecule has 3 rings (SSSR count). The highest BCUT2D eigenvalue weighted by molar-refractivity contribution is 6.07. The molecule has 1 aromatic heterocycles. The molecule has 10 nitrogen and oxygen atoms in total. The third-order valence-electron chi connectivity index (χ3n) is 5.30. The summed E-state index contributed by atoms with van der Waals surface area (Å²) in [6.45, 7) is 4.99. The van der Waals surface area contributed by atoms with Crippen LogP contribution < -0.4 is 26.8 Å². The molecular formula is C22H29N5O5. The minimum Gasteiger partial charge on any atom is -0.383 e. The fourth-order valence-corrected chi connectivity index (χ4v) is 3.74. The molecule has 32 heavy (non-hydrogen) atoms. The first-order valence-electron chi connectivity index (χ1n) is 10.6. The van der Waals surface area contributed by atoms with Gasteiger partial charge in [0, 0.05) is 44.4 Å². The predicted molar refractivity (Wildman–Crippen MR) is 122 cm³/mol. The number of aromatic amines is 1. The average Bonchev–Trinajstić information content (AvgIpc) is 3.18. The van der Waals surface area contributed by atoms with Gasteiger partial charge in [-0.2, -0.15) is 0 Å². The molecule has 2 heterocycles. The van der Waals surface area contributed by atoms with E-state index >= 15 is 0 Å². The number of rotatable bonds is 8. The lowest BCUT2D eigenvalue weighted by Gasteiger charge is -2.25. The number of nitrogens with one attached hydrogen (secondary N) is 1. The van der Waals surface area contributed by atoms with Gasteiger partial charge in [0.1, 0.15) is 5.82 Å². The first kappa shape index (κ1) is 23.3. The summed E-state index contributed by atoms with van der Waals surface area (Å²) in [5.41, 5.74) is 5.79. The number of hydrogen-bond donors (Lipinski definition) is 2. The summed E-state index contributed by atoms with van der Waals surface area (Å²) < 4.78 is 6.38. The lowest BCUT2D eigenvalue weighted by molar-refractivity contribution is -0.117. The Morgan fingerprint density at radius 2 is 1.91 bits per heavy atom. The summed E-state index contributed by atoms with van der Waals surface area (Å²) >= 11 is 0. The zero-order chi connectivity index (χ0) is 23.4. The fraction of sp³-hybridized carbons (Fsp3) is 0.455. The van der Waals surface area contributed by atoms with E-state index in [0.29, 0.717) is 25.1 Å². The van der Waals surface area contributed by atoms with Crippen molar-refractivity contribution in [1.29, 1.82) is 0 Å². The van der Waals surface area contributed by atoms with Crippen molar-refractivity contribution in [1.82, 2.24) is 9.55 Å². The number of ether oxygens (including phenoxy) is 1. The maximum absolute atomic E-state index is 13.4. The molecule has 10 heteroatoms. The largest absolute Gasteiger partial charge is 0.383 e. The highest BCUT2D eigenvalue weighted by Gasteiger charge is 2.26. The lowest BCUT2D eigenvalue weighted by Crippen LogP contribution is -2.42. The number of aromatic nitrogens is 2. The third-order valence-corrected chi connectivity index (χ3v) is 5.30. The Hall–Kier alpha value is -3.40. The van der Waals surface area contributed by atoms with E-state index < -0.39 is 17.2 Å². The molecule has 2 aromatic rings. The van der Waals surface area contributed by atoms with Crippen LogP contribution in [0.2, 0.25) is 0 Å². The van der Waals surface area contributed by atoms with E-state index in [1.807, 2.05) is 13.8 Å². The highest BCUT2D eigenvalue weighted by Crippen LogP contribution is 2.24. The minimum atomic E-state index is -0.740. The van der Waals surface area contributed by atoms with Gasteiger partial charge in [-0.15, -0.1) is 0 Å². The molecule has 1 saturated heterocycles. The van der Waals surface area contributed by atoms with Gasteiger partial charge in [-0.1, -0.05) is 13.8 Å². The van der Waals surface area contributed by atoms with Gasteiger partial charge < -0.3 is 15.4 Å². The minimum absolute atomic E-state index is 0.0533. The van der Waals surface area contributed by atoms with Crippen LogP contribution in [0.25, 0.3) is 0 Å². The molecule has 1 aliphatic rings. The van der Waals surface area contributed by atoms with Crippen molar-refractivity contribution in [3.63, 3.8) is 0 Å². The maximum atomic E-state index is 13.4. The molecule has 0 bridgehead atoms. The van der Waals surface area contributed by atoms with Crippen LogP contribution in [0.15, 0.2) is 33.9 Å². The highest BCUT2D eigenvalue weighted by atomic mass is 16.5. The van der Waals surface area contributed by atoms with Gasteiger partial charge in [0.25, 0.3) is 11.5 Å². The van der Waals surface area contributed by atoms with E-state index in [4.69, 9.17) is 10.5 Å². The number of nitrogens with two attached hydrogens (primary N) is 1. The standard InChI is InChI=1S/C22H29N5O5/c1-14(2)13-27-19(23)18(20(29)24-22(27)31)26(11-12-32-3)21(30)15-6-8-16(9-7-15)25-10-4-5-17(25)28/h6-9,14H,4-5,10-13,23H2,1-3H3,(H,24,29,31). The monoisotopic (exact) mass is 443 g/mol. The molecule has 3 N–H and O–H groups in total. The third kappa shape index (κ3) is 4.75. The molecule has 2 amide bonds. The zero-order valence-electron chi connectivity index (χ0n) is 18.6. The van der Waals surface area contributed by atoms with Crippen molar-refractivity contribution in [3.8, 4) is 0 Å². The number of amides is 2. The number of nitrogens with zero attached hydrogens (tertiary/aromatic N) is 3. The first-order chi connectivity index (χ1) is 15.2. The first-order valence-corrected chi connectivity index (χ1v) is 10.6. The van der Waals surface area contributed by atoms with Gasteiger partial charge in [0.2, 0.25) is 5.91 Å². The summed E-state index contributed by atoms with van der Waals surface area (Å²) in [5.74, 6) is -0.389. The summed E-state index contributed by atoms with van der Waals surface area (Å²) in [4.78, 5) is 55.5. The molecular weight excluding hydrogens is 414 g/mol. The van der Waals surface area contributed by atoms with E-state index in [1.165, 1.54) is 16.6 Å². The Balaban J connectivity index is 2.00. The van der Waals surface area contributed by atoms with Crippen LogP contribution in [0, 0.1) is 5.92 Å². The second kappa shape index (κ2) is 9.82. The van der Waals surface area contributed by atoms with E-state index in [2.05, 4.69) is 4.98 Å². The van der Waals surface area contributed by atoms with Gasteiger partial charge in [-0.25, -0.2) is 4.79 Å². The van der Waals surface area contributed by atoms with E-state index in [-0.39, 0.29) is 36.5 Å². The van der Waals surface area contributed by atoms with Gasteiger partial charge in [-0.05, 0) is 36.6 Å². The number of H-pyrrole nitrogens is 1. The molecule has 1 fully saturated rings. The van der Waals surface area contributed by atoms with E-state index in [0.717, 1.165) is 12.1 Å². The molecule has 0 radical (unpaired) electrons. The van der Waals surface area contributed by atoms with Crippen molar-refractivity contribution in [3.05, 3.63) is 50.7 Å². The zero-order valence-corrected chi connectivity index (χ0v) is 18.6. The molecule has 0 spiro atoms. The Labute approximate surface area is 185 Å². The van der Waals surface area contributed by atoms with Crippen LogP contribution in [-0.2, 0) is 16.1 Å². The molecule has 172 valence electrons. The molecule has 0 atom stereocenters.